The monoisotopic (exact) mass is 513 g/mol. The van der Waals surface area contributed by atoms with Gasteiger partial charge in [-0.05, 0) is 50.2 Å². The molecule has 1 aliphatic rings. The number of hydrogen-bond acceptors (Lipinski definition) is 5. The van der Waals surface area contributed by atoms with Gasteiger partial charge < -0.3 is 9.30 Å². The molecule has 32 heavy (non-hydrogen) atoms. The minimum Gasteiger partial charge on any atom is -0.373 e. The number of carbonyl (C=O) groups is 1. The molecule has 4 rings (SSSR count). The number of nitrogens with zero attached hydrogens (tertiary/aromatic N) is 3. The number of carbonyl (C=O) groups excluding carboxylic acids is 1. The highest BCUT2D eigenvalue weighted by Gasteiger charge is 2.32. The minimum atomic E-state index is -3.68. The first kappa shape index (κ1) is 23.4. The fourth-order valence-corrected chi connectivity index (χ4v) is 6.79. The van der Waals surface area contributed by atoms with Crippen molar-refractivity contribution in [3.63, 3.8) is 0 Å². The topological polar surface area (TPSA) is 81.0 Å². The molecule has 2 atom stereocenters. The zero-order valence-corrected chi connectivity index (χ0v) is 20.7. The Morgan fingerprint density at radius 3 is 2.34 bits per heavy atom. The number of ether oxygens (including phenoxy) is 1. The number of thiazole rings is 1. The Hall–Kier alpha value is -1.75. The van der Waals surface area contributed by atoms with Crippen LogP contribution in [0.4, 0.5) is 0 Å². The van der Waals surface area contributed by atoms with Crippen molar-refractivity contribution in [3.8, 4) is 0 Å². The predicted molar refractivity (Wildman–Crippen MR) is 126 cm³/mol. The Kier molecular flexibility index (Phi) is 6.50. The van der Waals surface area contributed by atoms with E-state index in [9.17, 15) is 13.2 Å². The first-order valence-corrected chi connectivity index (χ1v) is 12.9. The molecule has 0 spiro atoms. The summed E-state index contributed by atoms with van der Waals surface area (Å²) >= 11 is 13.7. The first-order chi connectivity index (χ1) is 15.1. The van der Waals surface area contributed by atoms with E-state index in [1.54, 1.807) is 17.7 Å². The Bertz CT molecular complexity index is 1350. The maximum absolute atomic E-state index is 13.0. The highest BCUT2D eigenvalue weighted by Crippen LogP contribution is 2.31. The quantitative estimate of drug-likeness (QED) is 0.528. The second-order valence-electron chi connectivity index (χ2n) is 7.67. The molecule has 2 unspecified atom stereocenters. The van der Waals surface area contributed by atoms with E-state index in [-0.39, 0.29) is 35.8 Å². The number of aromatic nitrogens is 1. The summed E-state index contributed by atoms with van der Waals surface area (Å²) in [4.78, 5) is 17.5. The third-order valence-electron chi connectivity index (χ3n) is 5.18. The van der Waals surface area contributed by atoms with Gasteiger partial charge in [-0.3, -0.25) is 4.79 Å². The molecule has 1 fully saturated rings. The van der Waals surface area contributed by atoms with Crippen LogP contribution in [0.3, 0.4) is 0 Å². The van der Waals surface area contributed by atoms with Gasteiger partial charge in [0.1, 0.15) is 0 Å². The van der Waals surface area contributed by atoms with E-state index in [0.717, 1.165) is 4.70 Å². The molecule has 0 aliphatic carbocycles. The zero-order chi connectivity index (χ0) is 23.2. The molecule has 1 aromatic heterocycles. The summed E-state index contributed by atoms with van der Waals surface area (Å²) in [6.45, 7) is 4.27. The molecule has 7 nitrogen and oxygen atoms in total. The molecule has 2 aromatic carbocycles. The lowest BCUT2D eigenvalue weighted by Gasteiger charge is -2.34. The van der Waals surface area contributed by atoms with Crippen molar-refractivity contribution in [1.29, 1.82) is 0 Å². The Labute approximate surface area is 199 Å². The average Bonchev–Trinajstić information content (AvgIpc) is 3.06. The number of hydrogen-bond donors (Lipinski definition) is 0. The molecule has 3 aromatic rings. The Balaban J connectivity index is 1.62. The van der Waals surface area contributed by atoms with Gasteiger partial charge in [0.25, 0.3) is 5.91 Å². The van der Waals surface area contributed by atoms with Crippen molar-refractivity contribution in [3.05, 3.63) is 56.8 Å². The smallest absolute Gasteiger partial charge is 0.279 e. The van der Waals surface area contributed by atoms with E-state index in [1.165, 1.54) is 39.9 Å². The first-order valence-electron chi connectivity index (χ1n) is 9.86. The van der Waals surface area contributed by atoms with Crippen LogP contribution in [0.15, 0.2) is 46.3 Å². The molecule has 1 amide bonds. The lowest BCUT2D eigenvalue weighted by molar-refractivity contribution is -0.0440. The van der Waals surface area contributed by atoms with Crippen LogP contribution in [-0.4, -0.2) is 48.5 Å². The molecule has 1 saturated heterocycles. The number of benzene rings is 2. The van der Waals surface area contributed by atoms with Crippen molar-refractivity contribution in [2.24, 2.45) is 12.0 Å². The van der Waals surface area contributed by atoms with E-state index in [1.807, 2.05) is 19.9 Å². The highest BCUT2D eigenvalue weighted by atomic mass is 35.5. The third kappa shape index (κ3) is 4.37. The standard InChI is InChI=1S/C21H21Cl2N3O4S2/c1-12-10-26(11-13(2)30-12)32(28,29)15-6-4-14(5-7-15)20(27)24-21-25(3)19-17(31-21)9-8-16(22)18(19)23/h4-9,12-13H,10-11H2,1-3H3. The number of rotatable bonds is 3. The summed E-state index contributed by atoms with van der Waals surface area (Å²) in [5, 5.41) is 0.824. The molecule has 0 N–H and O–H groups in total. The van der Waals surface area contributed by atoms with E-state index >= 15 is 0 Å². The fraction of sp³-hybridized carbons (Fsp3) is 0.333. The summed E-state index contributed by atoms with van der Waals surface area (Å²) in [7, 11) is -1.92. The number of fused-ring (bicyclic) bond motifs is 1. The maximum atomic E-state index is 13.0. The number of sulfonamides is 1. The second-order valence-corrected chi connectivity index (χ2v) is 11.4. The van der Waals surface area contributed by atoms with Gasteiger partial charge in [-0.15, -0.1) is 0 Å². The number of halogens is 2. The summed E-state index contributed by atoms with van der Waals surface area (Å²) in [5.74, 6) is -0.480. The van der Waals surface area contributed by atoms with Crippen LogP contribution < -0.4 is 4.80 Å². The largest absolute Gasteiger partial charge is 0.373 e. The van der Waals surface area contributed by atoms with Crippen LogP contribution in [0.2, 0.25) is 10.0 Å². The van der Waals surface area contributed by atoms with Crippen LogP contribution in [0, 0.1) is 0 Å². The summed E-state index contributed by atoms with van der Waals surface area (Å²) in [6.07, 6.45) is -0.364. The molecular formula is C21H21Cl2N3O4S2. The minimum absolute atomic E-state index is 0.129. The second kappa shape index (κ2) is 8.89. The fourth-order valence-electron chi connectivity index (χ4n) is 3.67. The van der Waals surface area contributed by atoms with Gasteiger partial charge in [0.05, 0.1) is 37.4 Å². The van der Waals surface area contributed by atoms with Crippen LogP contribution in [0.1, 0.15) is 24.2 Å². The van der Waals surface area contributed by atoms with Crippen molar-refractivity contribution < 1.29 is 17.9 Å². The third-order valence-corrected chi connectivity index (χ3v) is 8.92. The molecule has 170 valence electrons. The van der Waals surface area contributed by atoms with Gasteiger partial charge in [0.2, 0.25) is 10.0 Å². The molecule has 0 radical (unpaired) electrons. The van der Waals surface area contributed by atoms with Crippen molar-refractivity contribution in [2.45, 2.75) is 31.0 Å². The predicted octanol–water partition coefficient (Wildman–Crippen LogP) is 4.09. The molecule has 2 heterocycles. The summed E-state index contributed by atoms with van der Waals surface area (Å²) in [6, 6.07) is 9.34. The van der Waals surface area contributed by atoms with E-state index in [2.05, 4.69) is 4.99 Å². The van der Waals surface area contributed by atoms with Gasteiger partial charge in [0.15, 0.2) is 4.80 Å². The van der Waals surface area contributed by atoms with Gasteiger partial charge in [0, 0.05) is 25.7 Å². The van der Waals surface area contributed by atoms with Crippen LogP contribution in [-0.2, 0) is 21.8 Å². The van der Waals surface area contributed by atoms with Crippen molar-refractivity contribution >= 4 is 60.7 Å². The molecule has 11 heteroatoms. The lowest BCUT2D eigenvalue weighted by atomic mass is 10.2. The van der Waals surface area contributed by atoms with Gasteiger partial charge in [-0.25, -0.2) is 8.42 Å². The van der Waals surface area contributed by atoms with Gasteiger partial charge >= 0.3 is 0 Å². The molecule has 1 aliphatic heterocycles. The number of morpholine rings is 1. The van der Waals surface area contributed by atoms with Gasteiger partial charge in [-0.1, -0.05) is 34.5 Å². The lowest BCUT2D eigenvalue weighted by Crippen LogP contribution is -2.48. The van der Waals surface area contributed by atoms with E-state index in [0.29, 0.717) is 20.4 Å². The van der Waals surface area contributed by atoms with Crippen molar-refractivity contribution in [2.75, 3.05) is 13.1 Å². The Morgan fingerprint density at radius 1 is 1.09 bits per heavy atom. The average molecular weight is 514 g/mol. The summed E-state index contributed by atoms with van der Waals surface area (Å²) in [5.41, 5.74) is 0.986. The van der Waals surface area contributed by atoms with Gasteiger partial charge in [-0.2, -0.15) is 9.30 Å². The van der Waals surface area contributed by atoms with Crippen LogP contribution in [0.25, 0.3) is 10.2 Å². The SMILES string of the molecule is CC1CN(S(=O)(=O)c2ccc(C(=O)N=c3sc4ccc(Cl)c(Cl)c4n3C)cc2)CC(C)O1. The summed E-state index contributed by atoms with van der Waals surface area (Å²) < 4.78 is 35.6. The normalized spacial score (nSPS) is 20.7. The Morgan fingerprint density at radius 2 is 1.72 bits per heavy atom. The molecular weight excluding hydrogens is 493 g/mol. The van der Waals surface area contributed by atoms with Crippen LogP contribution in [0.5, 0.6) is 0 Å². The van der Waals surface area contributed by atoms with Crippen LogP contribution >= 0.6 is 34.5 Å². The van der Waals surface area contributed by atoms with E-state index in [4.69, 9.17) is 27.9 Å². The number of aryl methyl sites for hydroxylation is 1. The molecule has 0 saturated carbocycles. The maximum Gasteiger partial charge on any atom is 0.279 e. The zero-order valence-electron chi connectivity index (χ0n) is 17.6. The van der Waals surface area contributed by atoms with Crippen molar-refractivity contribution in [1.82, 2.24) is 8.87 Å². The highest BCUT2D eigenvalue weighted by molar-refractivity contribution is 7.89. The molecule has 0 bridgehead atoms. The number of amides is 1. The van der Waals surface area contributed by atoms with E-state index < -0.39 is 15.9 Å².